The second kappa shape index (κ2) is 4.75. The van der Waals surface area contributed by atoms with Crippen molar-refractivity contribution >= 4 is 11.0 Å². The third-order valence-corrected chi connectivity index (χ3v) is 2.99. The molecular weight excluding hydrogens is 240 g/mol. The molecule has 0 fully saturated rings. The molecule has 6 heteroatoms. The van der Waals surface area contributed by atoms with E-state index in [1.54, 1.807) is 17.1 Å². The molecule has 1 unspecified atom stereocenters. The monoisotopic (exact) mass is 254 g/mol. The van der Waals surface area contributed by atoms with Gasteiger partial charge in [-0.05, 0) is 12.1 Å². The Morgan fingerprint density at radius 3 is 2.68 bits per heavy atom. The Morgan fingerprint density at radius 2 is 2.00 bits per heavy atom. The van der Waals surface area contributed by atoms with E-state index >= 15 is 0 Å². The number of rotatable bonds is 3. The van der Waals surface area contributed by atoms with Crippen molar-refractivity contribution in [2.75, 3.05) is 0 Å². The fraction of sp³-hybridized carbons (Fsp3) is 0.154. The number of para-hydroxylation sites is 2. The highest BCUT2D eigenvalue weighted by Crippen LogP contribution is 2.20. The van der Waals surface area contributed by atoms with Crippen LogP contribution in [0.25, 0.3) is 11.0 Å². The fourth-order valence-electron chi connectivity index (χ4n) is 2.05. The van der Waals surface area contributed by atoms with Crippen LogP contribution in [0.3, 0.4) is 0 Å². The molecule has 3 N–H and O–H groups in total. The van der Waals surface area contributed by atoms with Gasteiger partial charge >= 0.3 is 0 Å². The van der Waals surface area contributed by atoms with Gasteiger partial charge in [0.2, 0.25) is 0 Å². The van der Waals surface area contributed by atoms with Crippen LogP contribution in [-0.4, -0.2) is 19.7 Å². The molecule has 0 aliphatic rings. The van der Waals surface area contributed by atoms with Gasteiger partial charge in [0.05, 0.1) is 35.2 Å². The Morgan fingerprint density at radius 1 is 1.21 bits per heavy atom. The number of hydrogen-bond acceptors (Lipinski definition) is 5. The first-order valence-corrected chi connectivity index (χ1v) is 5.94. The summed E-state index contributed by atoms with van der Waals surface area (Å²) in [5.41, 5.74) is 6.20. The number of aromatic nitrogens is 4. The molecule has 0 saturated carbocycles. The van der Waals surface area contributed by atoms with Gasteiger partial charge in [-0.2, -0.15) is 5.10 Å². The molecule has 3 aromatic rings. The van der Waals surface area contributed by atoms with Crippen LogP contribution in [0.5, 0.6) is 0 Å². The predicted molar refractivity (Wildman–Crippen MR) is 71.9 cm³/mol. The molecule has 0 saturated heterocycles. The lowest BCUT2D eigenvalue weighted by molar-refractivity contribution is 0.619. The quantitative estimate of drug-likeness (QED) is 0.536. The molecule has 0 amide bonds. The van der Waals surface area contributed by atoms with Crippen molar-refractivity contribution < 1.29 is 0 Å². The summed E-state index contributed by atoms with van der Waals surface area (Å²) in [6.45, 7) is 0. The molecule has 19 heavy (non-hydrogen) atoms. The van der Waals surface area contributed by atoms with Gasteiger partial charge in [-0.15, -0.1) is 0 Å². The molecule has 1 aromatic carbocycles. The number of nitrogens with zero attached hydrogens (tertiary/aromatic N) is 4. The second-order valence-electron chi connectivity index (χ2n) is 4.33. The summed E-state index contributed by atoms with van der Waals surface area (Å²) in [6.07, 6.45) is 5.41. The number of nitrogens with two attached hydrogens (primary N) is 1. The molecule has 96 valence electrons. The van der Waals surface area contributed by atoms with E-state index in [0.717, 1.165) is 22.3 Å². The van der Waals surface area contributed by atoms with E-state index < -0.39 is 0 Å². The smallest absolute Gasteiger partial charge is 0.0927 e. The summed E-state index contributed by atoms with van der Waals surface area (Å²) in [7, 11) is 1.86. The maximum Gasteiger partial charge on any atom is 0.0927 e. The van der Waals surface area contributed by atoms with Crippen LogP contribution < -0.4 is 11.3 Å². The van der Waals surface area contributed by atoms with E-state index in [-0.39, 0.29) is 6.04 Å². The van der Waals surface area contributed by atoms with Crippen LogP contribution in [0, 0.1) is 0 Å². The third-order valence-electron chi connectivity index (χ3n) is 2.99. The van der Waals surface area contributed by atoms with Crippen molar-refractivity contribution in [3.63, 3.8) is 0 Å². The van der Waals surface area contributed by atoms with Crippen molar-refractivity contribution in [3.05, 3.63) is 54.1 Å². The van der Waals surface area contributed by atoms with E-state index in [2.05, 4.69) is 20.5 Å². The van der Waals surface area contributed by atoms with Crippen LogP contribution in [0.4, 0.5) is 0 Å². The second-order valence-corrected chi connectivity index (χ2v) is 4.33. The van der Waals surface area contributed by atoms with Gasteiger partial charge in [0.25, 0.3) is 0 Å². The van der Waals surface area contributed by atoms with Crippen LogP contribution in [0.1, 0.15) is 17.3 Å². The highest BCUT2D eigenvalue weighted by molar-refractivity contribution is 5.73. The zero-order valence-corrected chi connectivity index (χ0v) is 10.5. The Bertz CT molecular complexity index is 705. The Kier molecular flexibility index (Phi) is 2.94. The lowest BCUT2D eigenvalue weighted by atomic mass is 10.1. The SMILES string of the molecule is Cn1cc(C(NN)c2cnc3ccccc3n2)cn1. The lowest BCUT2D eigenvalue weighted by Gasteiger charge is -2.13. The molecule has 0 spiro atoms. The number of hydrazine groups is 1. The Labute approximate surface area is 110 Å². The minimum atomic E-state index is -0.217. The van der Waals surface area contributed by atoms with Crippen molar-refractivity contribution in [3.8, 4) is 0 Å². The van der Waals surface area contributed by atoms with Crippen LogP contribution in [0.15, 0.2) is 42.9 Å². The van der Waals surface area contributed by atoms with E-state index in [9.17, 15) is 0 Å². The summed E-state index contributed by atoms with van der Waals surface area (Å²) in [5, 5.41) is 4.15. The average molecular weight is 254 g/mol. The number of nitrogens with one attached hydrogen (secondary N) is 1. The molecule has 6 nitrogen and oxygen atoms in total. The van der Waals surface area contributed by atoms with Gasteiger partial charge in [0.15, 0.2) is 0 Å². The number of fused-ring (bicyclic) bond motifs is 1. The maximum atomic E-state index is 5.64. The minimum absolute atomic E-state index is 0.217. The minimum Gasteiger partial charge on any atom is -0.275 e. The first-order valence-electron chi connectivity index (χ1n) is 5.94. The summed E-state index contributed by atoms with van der Waals surface area (Å²) in [4.78, 5) is 8.99. The van der Waals surface area contributed by atoms with E-state index in [1.807, 2.05) is 37.5 Å². The van der Waals surface area contributed by atoms with E-state index in [1.165, 1.54) is 0 Å². The highest BCUT2D eigenvalue weighted by atomic mass is 15.3. The van der Waals surface area contributed by atoms with Gasteiger partial charge in [-0.25, -0.2) is 10.4 Å². The van der Waals surface area contributed by atoms with Gasteiger partial charge in [0, 0.05) is 18.8 Å². The van der Waals surface area contributed by atoms with Crippen LogP contribution >= 0.6 is 0 Å². The first-order chi connectivity index (χ1) is 9.28. The fourth-order valence-corrected chi connectivity index (χ4v) is 2.05. The Balaban J connectivity index is 2.06. The molecule has 3 rings (SSSR count). The first kappa shape index (κ1) is 11.8. The van der Waals surface area contributed by atoms with Gasteiger partial charge < -0.3 is 0 Å². The Hall–Kier alpha value is -2.31. The zero-order chi connectivity index (χ0) is 13.2. The van der Waals surface area contributed by atoms with E-state index in [4.69, 9.17) is 5.84 Å². The van der Waals surface area contributed by atoms with Crippen molar-refractivity contribution in [2.45, 2.75) is 6.04 Å². The van der Waals surface area contributed by atoms with Gasteiger partial charge in [-0.1, -0.05) is 12.1 Å². The third kappa shape index (κ3) is 2.18. The summed E-state index contributed by atoms with van der Waals surface area (Å²) in [5.74, 6) is 5.64. The number of hydrogen-bond donors (Lipinski definition) is 2. The van der Waals surface area contributed by atoms with Crippen LogP contribution in [0.2, 0.25) is 0 Å². The lowest BCUT2D eigenvalue weighted by Crippen LogP contribution is -2.29. The number of benzene rings is 1. The topological polar surface area (TPSA) is 81.7 Å². The highest BCUT2D eigenvalue weighted by Gasteiger charge is 2.16. The molecule has 0 aliphatic carbocycles. The van der Waals surface area contributed by atoms with Crippen molar-refractivity contribution in [2.24, 2.45) is 12.9 Å². The van der Waals surface area contributed by atoms with Gasteiger partial charge in [0.1, 0.15) is 0 Å². The molecular formula is C13H14N6. The molecule has 2 aromatic heterocycles. The summed E-state index contributed by atoms with van der Waals surface area (Å²) < 4.78 is 1.73. The molecule has 0 bridgehead atoms. The molecule has 0 aliphatic heterocycles. The molecule has 0 radical (unpaired) electrons. The standard InChI is InChI=1S/C13H14N6/c1-19-8-9(6-16-19)13(18-14)12-7-15-10-4-2-3-5-11(10)17-12/h2-8,13,18H,14H2,1H3. The van der Waals surface area contributed by atoms with Crippen LogP contribution in [-0.2, 0) is 7.05 Å². The predicted octanol–water partition coefficient (Wildman–Crippen LogP) is 0.916. The maximum absolute atomic E-state index is 5.64. The summed E-state index contributed by atoms with van der Waals surface area (Å²) >= 11 is 0. The number of aryl methyl sites for hydroxylation is 1. The molecule has 2 heterocycles. The normalized spacial score (nSPS) is 12.7. The zero-order valence-electron chi connectivity index (χ0n) is 10.5. The van der Waals surface area contributed by atoms with Crippen molar-refractivity contribution in [1.82, 2.24) is 25.2 Å². The van der Waals surface area contributed by atoms with E-state index in [0.29, 0.717) is 0 Å². The average Bonchev–Trinajstić information content (AvgIpc) is 2.86. The summed E-state index contributed by atoms with van der Waals surface area (Å²) in [6, 6.07) is 7.53. The van der Waals surface area contributed by atoms with Crippen molar-refractivity contribution in [1.29, 1.82) is 0 Å². The molecule has 1 atom stereocenters. The van der Waals surface area contributed by atoms with Gasteiger partial charge in [-0.3, -0.25) is 15.5 Å². The largest absolute Gasteiger partial charge is 0.275 e.